The molecular weight excluding hydrogens is 260 g/mol. The Kier molecular flexibility index (Phi) is 5.12. The van der Waals surface area contributed by atoms with Gasteiger partial charge in [0.05, 0.1) is 5.75 Å². The van der Waals surface area contributed by atoms with Crippen molar-refractivity contribution >= 4 is 10.0 Å². The molecule has 108 valence electrons. The van der Waals surface area contributed by atoms with Crippen LogP contribution in [-0.4, -0.2) is 38.0 Å². The van der Waals surface area contributed by atoms with Gasteiger partial charge in [0.2, 0.25) is 16.4 Å². The molecule has 0 aliphatic carbocycles. The van der Waals surface area contributed by atoms with E-state index in [-0.39, 0.29) is 37.1 Å². The number of hydrogen-bond donors (Lipinski definition) is 0. The van der Waals surface area contributed by atoms with Crippen molar-refractivity contribution in [2.45, 2.75) is 46.5 Å². The number of nitrogens with zero attached hydrogens (tertiary/aromatic N) is 1. The first-order valence-corrected chi connectivity index (χ1v) is 7.99. The van der Waals surface area contributed by atoms with E-state index in [1.807, 2.05) is 20.8 Å². The normalized spacial score (nSPS) is 20.6. The molecule has 0 spiro atoms. The highest BCUT2D eigenvalue weighted by molar-refractivity contribution is 7.89. The Bertz CT molecular complexity index is 355. The van der Waals surface area contributed by atoms with E-state index in [9.17, 15) is 17.2 Å². The number of halogens is 2. The van der Waals surface area contributed by atoms with Gasteiger partial charge in [-0.25, -0.2) is 21.5 Å². The maximum absolute atomic E-state index is 12.5. The second kappa shape index (κ2) is 5.82. The quantitative estimate of drug-likeness (QED) is 0.795. The second-order valence-electron chi connectivity index (χ2n) is 6.20. The van der Waals surface area contributed by atoms with Crippen LogP contribution in [0.2, 0.25) is 0 Å². The van der Waals surface area contributed by atoms with E-state index in [2.05, 4.69) is 0 Å². The summed E-state index contributed by atoms with van der Waals surface area (Å²) < 4.78 is 50.4. The Hall–Kier alpha value is -0.230. The van der Waals surface area contributed by atoms with Gasteiger partial charge in [-0.1, -0.05) is 20.8 Å². The van der Waals surface area contributed by atoms with Gasteiger partial charge in [-0.05, 0) is 24.7 Å². The van der Waals surface area contributed by atoms with Gasteiger partial charge in [0.1, 0.15) is 0 Å². The summed E-state index contributed by atoms with van der Waals surface area (Å²) in [5.41, 5.74) is -0.0334. The zero-order valence-corrected chi connectivity index (χ0v) is 12.1. The standard InChI is InChI=1S/C12H23F2NO2S/c1-12(2,3)6-9-18(16,17)15-7-4-10(5-8-15)11(13)14/h10-11H,4-9H2,1-3H3. The molecule has 0 unspecified atom stereocenters. The summed E-state index contributed by atoms with van der Waals surface area (Å²) in [5.74, 6) is -0.533. The fraction of sp³-hybridized carbons (Fsp3) is 1.00. The SMILES string of the molecule is CC(C)(C)CCS(=O)(=O)N1CCC(C(F)F)CC1. The van der Waals surface area contributed by atoms with Crippen molar-refractivity contribution in [3.05, 3.63) is 0 Å². The van der Waals surface area contributed by atoms with Crippen LogP contribution in [0.5, 0.6) is 0 Å². The average molecular weight is 283 g/mol. The lowest BCUT2D eigenvalue weighted by molar-refractivity contribution is 0.0490. The maximum atomic E-state index is 12.5. The topological polar surface area (TPSA) is 37.4 Å². The molecule has 1 saturated heterocycles. The van der Waals surface area contributed by atoms with Crippen LogP contribution in [0, 0.1) is 11.3 Å². The molecule has 0 atom stereocenters. The molecule has 1 aliphatic heterocycles. The third-order valence-corrected chi connectivity index (χ3v) is 5.23. The maximum Gasteiger partial charge on any atom is 0.241 e. The number of piperidine rings is 1. The van der Waals surface area contributed by atoms with Crippen molar-refractivity contribution < 1.29 is 17.2 Å². The molecule has 0 saturated carbocycles. The van der Waals surface area contributed by atoms with Crippen LogP contribution in [0.3, 0.4) is 0 Å². The van der Waals surface area contributed by atoms with Crippen LogP contribution < -0.4 is 0 Å². The molecular formula is C12H23F2NO2S. The molecule has 0 bridgehead atoms. The van der Waals surface area contributed by atoms with Gasteiger partial charge >= 0.3 is 0 Å². The van der Waals surface area contributed by atoms with Crippen LogP contribution in [0.1, 0.15) is 40.0 Å². The van der Waals surface area contributed by atoms with Crippen molar-refractivity contribution in [3.8, 4) is 0 Å². The third kappa shape index (κ3) is 4.80. The predicted octanol–water partition coefficient (Wildman–Crippen LogP) is 2.73. The van der Waals surface area contributed by atoms with E-state index in [4.69, 9.17) is 0 Å². The average Bonchev–Trinajstić information content (AvgIpc) is 2.26. The molecule has 0 amide bonds. The van der Waals surface area contributed by atoms with Crippen LogP contribution in [0.25, 0.3) is 0 Å². The first-order chi connectivity index (χ1) is 8.12. The fourth-order valence-electron chi connectivity index (χ4n) is 1.97. The molecule has 0 N–H and O–H groups in total. The Morgan fingerprint density at radius 1 is 1.22 bits per heavy atom. The van der Waals surface area contributed by atoms with Gasteiger partial charge in [0.15, 0.2) is 0 Å². The molecule has 1 fully saturated rings. The Morgan fingerprint density at radius 2 is 1.72 bits per heavy atom. The van der Waals surface area contributed by atoms with E-state index in [1.165, 1.54) is 4.31 Å². The van der Waals surface area contributed by atoms with Gasteiger partial charge in [-0.2, -0.15) is 0 Å². The molecule has 3 nitrogen and oxygen atoms in total. The lowest BCUT2D eigenvalue weighted by Crippen LogP contribution is -2.41. The smallest absolute Gasteiger partial charge is 0.212 e. The molecule has 1 aliphatic rings. The minimum absolute atomic E-state index is 0.0334. The minimum atomic E-state index is -3.28. The zero-order chi connectivity index (χ0) is 14.0. The summed E-state index contributed by atoms with van der Waals surface area (Å²) in [7, 11) is -3.28. The lowest BCUT2D eigenvalue weighted by Gasteiger charge is -2.31. The van der Waals surface area contributed by atoms with Crippen LogP contribution >= 0.6 is 0 Å². The molecule has 6 heteroatoms. The highest BCUT2D eigenvalue weighted by Gasteiger charge is 2.32. The van der Waals surface area contributed by atoms with E-state index in [1.54, 1.807) is 0 Å². The van der Waals surface area contributed by atoms with Gasteiger partial charge in [-0.15, -0.1) is 0 Å². The number of hydrogen-bond acceptors (Lipinski definition) is 2. The van der Waals surface area contributed by atoms with E-state index in [0.717, 1.165) is 0 Å². The van der Waals surface area contributed by atoms with Crippen LogP contribution in [0.15, 0.2) is 0 Å². The first-order valence-electron chi connectivity index (χ1n) is 6.38. The van der Waals surface area contributed by atoms with Crippen molar-refractivity contribution in [1.29, 1.82) is 0 Å². The summed E-state index contributed by atoms with van der Waals surface area (Å²) >= 11 is 0. The highest BCUT2D eigenvalue weighted by Crippen LogP contribution is 2.26. The largest absolute Gasteiger partial charge is 0.241 e. The van der Waals surface area contributed by atoms with Crippen molar-refractivity contribution in [2.24, 2.45) is 11.3 Å². The number of sulfonamides is 1. The molecule has 1 rings (SSSR count). The van der Waals surface area contributed by atoms with Crippen LogP contribution in [-0.2, 0) is 10.0 Å². The molecule has 18 heavy (non-hydrogen) atoms. The summed E-state index contributed by atoms with van der Waals surface area (Å²) in [6.07, 6.45) is -1.20. The van der Waals surface area contributed by atoms with Crippen molar-refractivity contribution in [3.63, 3.8) is 0 Å². The van der Waals surface area contributed by atoms with Crippen LogP contribution in [0.4, 0.5) is 8.78 Å². The zero-order valence-electron chi connectivity index (χ0n) is 11.3. The predicted molar refractivity (Wildman–Crippen MR) is 68.2 cm³/mol. The van der Waals surface area contributed by atoms with Gasteiger partial charge in [0.25, 0.3) is 0 Å². The summed E-state index contributed by atoms with van der Waals surface area (Å²) in [6.45, 7) is 6.45. The van der Waals surface area contributed by atoms with E-state index < -0.39 is 22.4 Å². The Balaban J connectivity index is 2.51. The van der Waals surface area contributed by atoms with Gasteiger partial charge in [0, 0.05) is 19.0 Å². The van der Waals surface area contributed by atoms with E-state index >= 15 is 0 Å². The second-order valence-corrected chi connectivity index (χ2v) is 8.29. The molecule has 0 aromatic heterocycles. The summed E-state index contributed by atoms with van der Waals surface area (Å²) in [5, 5.41) is 0. The molecule has 0 aromatic rings. The monoisotopic (exact) mass is 283 g/mol. The molecule has 0 radical (unpaired) electrons. The summed E-state index contributed by atoms with van der Waals surface area (Å²) in [6, 6.07) is 0. The first kappa shape index (κ1) is 15.8. The molecule has 1 heterocycles. The number of rotatable bonds is 4. The van der Waals surface area contributed by atoms with Gasteiger partial charge in [-0.3, -0.25) is 0 Å². The Labute approximate surface area is 109 Å². The fourth-order valence-corrected chi connectivity index (χ4v) is 3.87. The Morgan fingerprint density at radius 3 is 2.11 bits per heavy atom. The van der Waals surface area contributed by atoms with E-state index in [0.29, 0.717) is 6.42 Å². The summed E-state index contributed by atoms with van der Waals surface area (Å²) in [4.78, 5) is 0. The lowest BCUT2D eigenvalue weighted by atomic mass is 9.94. The number of alkyl halides is 2. The molecule has 0 aromatic carbocycles. The highest BCUT2D eigenvalue weighted by atomic mass is 32.2. The third-order valence-electron chi connectivity index (χ3n) is 3.36. The van der Waals surface area contributed by atoms with Crippen molar-refractivity contribution in [1.82, 2.24) is 4.31 Å². The van der Waals surface area contributed by atoms with Gasteiger partial charge < -0.3 is 0 Å². The van der Waals surface area contributed by atoms with Crippen molar-refractivity contribution in [2.75, 3.05) is 18.8 Å². The minimum Gasteiger partial charge on any atom is -0.212 e.